The van der Waals surface area contributed by atoms with Crippen molar-refractivity contribution in [2.45, 2.75) is 6.04 Å². The molecule has 3 aliphatic heterocycles. The summed E-state index contributed by atoms with van der Waals surface area (Å²) in [4.78, 5) is 26.3. The zero-order valence-electron chi connectivity index (χ0n) is 17.5. The van der Waals surface area contributed by atoms with E-state index in [4.69, 9.17) is 9.73 Å². The molecule has 2 aromatic carbocycles. The van der Waals surface area contributed by atoms with Crippen molar-refractivity contribution in [2.75, 3.05) is 63.2 Å². The lowest BCUT2D eigenvalue weighted by Gasteiger charge is -2.40. The number of methoxy groups -OCH3 is 1. The maximum atomic E-state index is 13.1. The molecule has 1 atom stereocenters. The second-order valence-electron chi connectivity index (χ2n) is 8.04. The Morgan fingerprint density at radius 1 is 1.07 bits per heavy atom. The molecule has 0 radical (unpaired) electrons. The van der Waals surface area contributed by atoms with E-state index in [-0.39, 0.29) is 12.1 Å². The molecule has 0 bridgehead atoms. The van der Waals surface area contributed by atoms with Gasteiger partial charge in [-0.2, -0.15) is 0 Å². The number of fused-ring (bicyclic) bond motifs is 3. The lowest BCUT2D eigenvalue weighted by Crippen LogP contribution is -2.56. The Morgan fingerprint density at radius 2 is 1.87 bits per heavy atom. The number of ether oxygens (including phenoxy) is 1. The van der Waals surface area contributed by atoms with Crippen LogP contribution in [0.1, 0.15) is 5.56 Å². The van der Waals surface area contributed by atoms with Crippen LogP contribution in [0.4, 0.5) is 16.2 Å². The highest BCUT2D eigenvalue weighted by Gasteiger charge is 2.41. The van der Waals surface area contributed by atoms with Crippen LogP contribution in [0.15, 0.2) is 53.5 Å². The highest BCUT2D eigenvalue weighted by molar-refractivity contribution is 6.19. The maximum absolute atomic E-state index is 13.1. The number of nitrogens with zero attached hydrogens (tertiary/aromatic N) is 5. The predicted octanol–water partition coefficient (Wildman–Crippen LogP) is 2.52. The van der Waals surface area contributed by atoms with Crippen LogP contribution in [-0.2, 0) is 0 Å². The van der Waals surface area contributed by atoms with Gasteiger partial charge in [0.25, 0.3) is 0 Å². The van der Waals surface area contributed by atoms with Crippen molar-refractivity contribution in [3.05, 3.63) is 54.1 Å². The van der Waals surface area contributed by atoms with Crippen LogP contribution in [0.2, 0.25) is 0 Å². The number of rotatable bonds is 4. The normalized spacial score (nSPS) is 21.4. The van der Waals surface area contributed by atoms with E-state index in [9.17, 15) is 4.79 Å². The first-order chi connectivity index (χ1) is 14.7. The van der Waals surface area contributed by atoms with E-state index in [0.717, 1.165) is 55.6 Å². The number of amidine groups is 1. The lowest BCUT2D eigenvalue weighted by atomic mass is 10.1. The molecule has 7 nitrogen and oxygen atoms in total. The van der Waals surface area contributed by atoms with Crippen LogP contribution in [0.3, 0.4) is 0 Å². The molecule has 0 aliphatic carbocycles. The zero-order valence-corrected chi connectivity index (χ0v) is 17.5. The molecule has 1 saturated heterocycles. The number of hydrogen-bond donors (Lipinski definition) is 0. The molecule has 1 fully saturated rings. The molecule has 156 valence electrons. The van der Waals surface area contributed by atoms with Crippen LogP contribution >= 0.6 is 0 Å². The summed E-state index contributed by atoms with van der Waals surface area (Å²) in [5.74, 6) is 1.72. The number of amides is 2. The molecule has 0 aromatic heterocycles. The molecular formula is C23H27N5O2. The Morgan fingerprint density at radius 3 is 2.67 bits per heavy atom. The summed E-state index contributed by atoms with van der Waals surface area (Å²) < 4.78 is 5.36. The third-order valence-electron chi connectivity index (χ3n) is 6.30. The second kappa shape index (κ2) is 7.65. The molecule has 3 aliphatic rings. The molecule has 30 heavy (non-hydrogen) atoms. The largest absolute Gasteiger partial charge is 0.497 e. The Balaban J connectivity index is 1.25. The van der Waals surface area contributed by atoms with E-state index >= 15 is 0 Å². The number of anilines is 2. The van der Waals surface area contributed by atoms with Crippen LogP contribution in [0.25, 0.3) is 0 Å². The fourth-order valence-corrected chi connectivity index (χ4v) is 4.64. The van der Waals surface area contributed by atoms with Gasteiger partial charge in [-0.15, -0.1) is 0 Å². The van der Waals surface area contributed by atoms with Crippen molar-refractivity contribution in [2.24, 2.45) is 4.99 Å². The quantitative estimate of drug-likeness (QED) is 0.784. The molecule has 7 heteroatoms. The topological polar surface area (TPSA) is 51.6 Å². The number of aliphatic imine (C=N–C) groups is 1. The molecular weight excluding hydrogens is 378 g/mol. The molecule has 2 amide bonds. The highest BCUT2D eigenvalue weighted by Crippen LogP contribution is 2.32. The minimum absolute atomic E-state index is 0.0185. The highest BCUT2D eigenvalue weighted by atomic mass is 16.5. The minimum Gasteiger partial charge on any atom is -0.497 e. The van der Waals surface area contributed by atoms with E-state index in [1.807, 2.05) is 42.3 Å². The summed E-state index contributed by atoms with van der Waals surface area (Å²) >= 11 is 0. The number of carbonyl (C=O) groups is 1. The van der Waals surface area contributed by atoms with Crippen molar-refractivity contribution in [3.8, 4) is 5.75 Å². The van der Waals surface area contributed by atoms with Crippen LogP contribution in [0.5, 0.6) is 5.75 Å². The van der Waals surface area contributed by atoms with Gasteiger partial charge in [0, 0.05) is 57.1 Å². The first-order valence-electron chi connectivity index (χ1n) is 10.5. The minimum atomic E-state index is 0.0185. The average molecular weight is 406 g/mol. The molecule has 0 saturated carbocycles. The van der Waals surface area contributed by atoms with Gasteiger partial charge in [-0.05, 0) is 24.3 Å². The van der Waals surface area contributed by atoms with Crippen LogP contribution in [0, 0.1) is 0 Å². The standard InChI is InChI=1S/C23H27N5O2/c1-25-21-9-4-3-8-20(21)22-24-15-18(28(22)23(25)29)16-26-10-12-27(13-11-26)17-6-5-7-19(14-17)30-2/h3-9,14,18H,10-13,15-16H2,1-2H3. The summed E-state index contributed by atoms with van der Waals surface area (Å²) in [6.07, 6.45) is 0. The van der Waals surface area contributed by atoms with Gasteiger partial charge in [0.15, 0.2) is 0 Å². The van der Waals surface area contributed by atoms with Crippen molar-refractivity contribution in [1.82, 2.24) is 9.80 Å². The van der Waals surface area contributed by atoms with Gasteiger partial charge in [0.05, 0.1) is 25.4 Å². The SMILES string of the molecule is COc1cccc(N2CCN(CC3CN=C4c5ccccc5N(C)C(=O)N43)CC2)c1. The summed E-state index contributed by atoms with van der Waals surface area (Å²) in [7, 11) is 3.55. The van der Waals surface area contributed by atoms with Gasteiger partial charge >= 0.3 is 6.03 Å². The van der Waals surface area contributed by atoms with Gasteiger partial charge in [-0.25, -0.2) is 4.79 Å². The van der Waals surface area contributed by atoms with Crippen LogP contribution < -0.4 is 14.5 Å². The van der Waals surface area contributed by atoms with Gasteiger partial charge in [0.2, 0.25) is 0 Å². The predicted molar refractivity (Wildman–Crippen MR) is 119 cm³/mol. The number of benzene rings is 2. The van der Waals surface area contributed by atoms with Crippen molar-refractivity contribution >= 4 is 23.2 Å². The first-order valence-corrected chi connectivity index (χ1v) is 10.5. The van der Waals surface area contributed by atoms with Gasteiger partial charge in [0.1, 0.15) is 11.6 Å². The van der Waals surface area contributed by atoms with E-state index in [1.54, 1.807) is 12.0 Å². The zero-order chi connectivity index (χ0) is 20.7. The molecule has 0 spiro atoms. The molecule has 0 N–H and O–H groups in total. The summed E-state index contributed by atoms with van der Waals surface area (Å²) in [5, 5.41) is 0. The number of urea groups is 1. The van der Waals surface area contributed by atoms with Crippen molar-refractivity contribution < 1.29 is 9.53 Å². The van der Waals surface area contributed by atoms with Crippen molar-refractivity contribution in [3.63, 3.8) is 0 Å². The number of piperazine rings is 1. The summed E-state index contributed by atoms with van der Waals surface area (Å²) in [6.45, 7) is 5.38. The molecule has 1 unspecified atom stereocenters. The molecule has 5 rings (SSSR count). The number of carbonyl (C=O) groups excluding carboxylic acids is 1. The van der Waals surface area contributed by atoms with E-state index in [0.29, 0.717) is 6.54 Å². The lowest BCUT2D eigenvalue weighted by molar-refractivity contribution is 0.188. The Hall–Kier alpha value is -3.06. The van der Waals surface area contributed by atoms with Crippen LogP contribution in [-0.4, -0.2) is 81.1 Å². The first kappa shape index (κ1) is 18.9. The Bertz CT molecular complexity index is 983. The molecule has 2 aromatic rings. The number of para-hydroxylation sites is 1. The fourth-order valence-electron chi connectivity index (χ4n) is 4.64. The van der Waals surface area contributed by atoms with E-state index < -0.39 is 0 Å². The number of hydrogen-bond acceptors (Lipinski definition) is 5. The second-order valence-corrected chi connectivity index (χ2v) is 8.04. The Labute approximate surface area is 177 Å². The third kappa shape index (κ3) is 3.19. The fraction of sp³-hybridized carbons (Fsp3) is 0.391. The van der Waals surface area contributed by atoms with E-state index in [2.05, 4.69) is 28.0 Å². The van der Waals surface area contributed by atoms with Gasteiger partial charge < -0.3 is 9.64 Å². The Kier molecular flexibility index (Phi) is 4.83. The van der Waals surface area contributed by atoms with Gasteiger partial charge in [-0.3, -0.25) is 19.7 Å². The monoisotopic (exact) mass is 405 g/mol. The smallest absolute Gasteiger partial charge is 0.330 e. The molecule has 3 heterocycles. The average Bonchev–Trinajstić information content (AvgIpc) is 3.22. The summed E-state index contributed by atoms with van der Waals surface area (Å²) in [6, 6.07) is 16.4. The third-order valence-corrected chi connectivity index (χ3v) is 6.30. The maximum Gasteiger partial charge on any atom is 0.330 e. The summed E-state index contributed by atoms with van der Waals surface area (Å²) in [5.41, 5.74) is 3.18. The van der Waals surface area contributed by atoms with Crippen molar-refractivity contribution in [1.29, 1.82) is 0 Å². The van der Waals surface area contributed by atoms with Gasteiger partial charge in [-0.1, -0.05) is 18.2 Å². The van der Waals surface area contributed by atoms with E-state index in [1.165, 1.54) is 5.69 Å².